The van der Waals surface area contributed by atoms with E-state index in [2.05, 4.69) is 62.3 Å². The highest BCUT2D eigenvalue weighted by atomic mass is 32.2. The number of allylic oxidation sites excluding steroid dienone is 6. The molecule has 23 heteroatoms. The molecule has 4 aromatic carbocycles. The van der Waals surface area contributed by atoms with Gasteiger partial charge in [-0.05, 0) is 155 Å². The van der Waals surface area contributed by atoms with E-state index < -0.39 is 72.0 Å². The van der Waals surface area contributed by atoms with Crippen LogP contribution in [-0.2, 0) is 56.1 Å². The summed E-state index contributed by atoms with van der Waals surface area (Å²) in [6, 6.07) is 13.2. The van der Waals surface area contributed by atoms with Gasteiger partial charge in [0, 0.05) is 52.7 Å². The first-order chi connectivity index (χ1) is 38.2. The van der Waals surface area contributed by atoms with Crippen LogP contribution >= 0.6 is 0 Å². The molecule has 0 aliphatic carbocycles. The molecule has 0 radical (unpaired) electrons. The van der Waals surface area contributed by atoms with Gasteiger partial charge in [-0.25, -0.2) is 33.7 Å². The van der Waals surface area contributed by atoms with Crippen LogP contribution in [0.2, 0.25) is 0 Å². The minimum absolute atomic E-state index is 0.00782. The summed E-state index contributed by atoms with van der Waals surface area (Å²) in [5.41, 5.74) is 1.07. The van der Waals surface area contributed by atoms with Crippen molar-refractivity contribution in [3.8, 4) is 0 Å². The van der Waals surface area contributed by atoms with Crippen molar-refractivity contribution < 1.29 is 81.1 Å². The SMILES string of the molecule is CC1(C)C(/C=C/C=C/C=C2/N(c3cccc(S(=O)(=O)[O-])c3)c3cc(S(=O)(=O)[O-])c4cc(S(=O)(=O)[O-])ccc4c3C2(C)C)=[N+](CCCCCC(=O)O)c2ccc(S(=O)(=O)[O-])cc21.CC[NH+](CC)CC.CC[NH+](CC)CC.CC[NH+](CC)CC. The first-order valence-corrected chi connectivity index (χ1v) is 33.7. The van der Waals surface area contributed by atoms with Crippen molar-refractivity contribution in [1.82, 2.24) is 0 Å². The lowest BCUT2D eigenvalue weighted by atomic mass is 9.81. The van der Waals surface area contributed by atoms with Crippen molar-refractivity contribution in [1.29, 1.82) is 0 Å². The summed E-state index contributed by atoms with van der Waals surface area (Å²) in [6.45, 7) is 39.1. The fourth-order valence-electron chi connectivity index (χ4n) is 10.3. The third kappa shape index (κ3) is 18.4. The molecule has 4 aromatic rings. The van der Waals surface area contributed by atoms with Crippen molar-refractivity contribution in [3.05, 3.63) is 114 Å². The monoisotopic (exact) mass is 1220 g/mol. The molecule has 2 aliphatic heterocycles. The maximum absolute atomic E-state index is 12.7. The molecular weight excluding hydrogens is 1130 g/mol. The van der Waals surface area contributed by atoms with Crippen LogP contribution in [0.1, 0.15) is 127 Å². The highest BCUT2D eigenvalue weighted by Gasteiger charge is 2.45. The lowest BCUT2D eigenvalue weighted by Crippen LogP contribution is -3.11. The van der Waals surface area contributed by atoms with E-state index in [1.165, 1.54) is 94.1 Å². The Bertz CT molecular complexity index is 3390. The fraction of sp³-hybridized carbons (Fsp3) is 0.492. The van der Waals surface area contributed by atoms with Crippen LogP contribution in [-0.4, -0.2) is 139 Å². The molecule has 6 rings (SSSR count). The molecule has 0 atom stereocenters. The van der Waals surface area contributed by atoms with E-state index in [0.717, 1.165) is 36.0 Å². The predicted octanol–water partition coefficient (Wildman–Crippen LogP) is 5.40. The Hall–Kier alpha value is -5.18. The average molecular weight is 1220 g/mol. The lowest BCUT2D eigenvalue weighted by Gasteiger charge is -2.27. The summed E-state index contributed by atoms with van der Waals surface area (Å²) < 4.78 is 148. The van der Waals surface area contributed by atoms with Crippen LogP contribution in [0, 0.1) is 0 Å². The molecular formula is C59H87N5O14S4. The molecule has 0 fully saturated rings. The molecule has 0 amide bonds. The summed E-state index contributed by atoms with van der Waals surface area (Å²) >= 11 is 0. The molecule has 0 saturated carbocycles. The third-order valence-corrected chi connectivity index (χ3v) is 18.7. The summed E-state index contributed by atoms with van der Waals surface area (Å²) in [5.74, 6) is -0.909. The summed E-state index contributed by atoms with van der Waals surface area (Å²) in [6.07, 6.45) is 10.1. The van der Waals surface area contributed by atoms with Gasteiger partial charge in [-0.1, -0.05) is 44.2 Å². The maximum Gasteiger partial charge on any atom is 0.303 e. The van der Waals surface area contributed by atoms with Crippen LogP contribution in [0.25, 0.3) is 10.8 Å². The van der Waals surface area contributed by atoms with Crippen LogP contribution in [0.4, 0.5) is 17.1 Å². The largest absolute Gasteiger partial charge is 0.744 e. The van der Waals surface area contributed by atoms with E-state index in [9.17, 15) is 56.7 Å². The van der Waals surface area contributed by atoms with E-state index in [1.54, 1.807) is 65.0 Å². The second-order valence-corrected chi connectivity index (χ2v) is 26.5. The maximum atomic E-state index is 12.7. The van der Waals surface area contributed by atoms with Gasteiger partial charge in [0.15, 0.2) is 5.71 Å². The number of hydrogen-bond acceptors (Lipinski definition) is 14. The number of carbonyl (C=O) groups is 1. The Morgan fingerprint density at radius 3 is 1.51 bits per heavy atom. The molecule has 0 aromatic heterocycles. The number of quaternary nitrogens is 3. The smallest absolute Gasteiger partial charge is 0.303 e. The van der Waals surface area contributed by atoms with Crippen molar-refractivity contribution >= 4 is 80.0 Å². The van der Waals surface area contributed by atoms with E-state index >= 15 is 0 Å². The minimum Gasteiger partial charge on any atom is -0.744 e. The number of nitrogens with one attached hydrogen (secondary N) is 3. The molecule has 456 valence electrons. The fourth-order valence-corrected chi connectivity index (χ4v) is 12.5. The number of aliphatic carboxylic acids is 1. The predicted molar refractivity (Wildman–Crippen MR) is 317 cm³/mol. The first-order valence-electron chi connectivity index (χ1n) is 28.1. The third-order valence-electron chi connectivity index (χ3n) is 15.4. The number of unbranched alkanes of at least 4 members (excludes halogenated alkanes) is 2. The average Bonchev–Trinajstić information content (AvgIpc) is 3.68. The number of hydrogen-bond donors (Lipinski definition) is 4. The molecule has 0 bridgehead atoms. The van der Waals surface area contributed by atoms with E-state index in [4.69, 9.17) is 5.11 Å². The highest BCUT2D eigenvalue weighted by Crippen LogP contribution is 2.55. The van der Waals surface area contributed by atoms with Crippen LogP contribution in [0.5, 0.6) is 0 Å². The van der Waals surface area contributed by atoms with Gasteiger partial charge in [-0.2, -0.15) is 4.58 Å². The highest BCUT2D eigenvalue weighted by molar-refractivity contribution is 7.86. The standard InChI is InChI=1S/C41H42N2O14S4.3C6H15N/c1-40(2)32-24-29(60(52,53)54)18-20-33(32)42(21-10-6-9-16-38(44)45)36(40)14-7-5-8-15-37-41(3,4)39-30-19-17-28(59(49,50)51)23-31(30)35(61(55,56)57)25-34(39)43(37)26-12-11-13-27(22-26)58(46,47)48;3*1-4-7(5-2)6-3/h5,7-8,11-15,17-20,22-25H,6,9-10,16,21H2,1-4H3,(H4-,44,45,46,47,48,49,50,51,52,53,54,55,56,57);3*4-6H2,1-3H3. The van der Waals surface area contributed by atoms with Gasteiger partial charge >= 0.3 is 5.97 Å². The number of benzene rings is 4. The van der Waals surface area contributed by atoms with Crippen LogP contribution in [0.3, 0.4) is 0 Å². The Morgan fingerprint density at radius 1 is 0.561 bits per heavy atom. The Morgan fingerprint density at radius 2 is 1.05 bits per heavy atom. The van der Waals surface area contributed by atoms with Crippen molar-refractivity contribution in [2.75, 3.05) is 70.3 Å². The summed E-state index contributed by atoms with van der Waals surface area (Å²) in [7, 11) is -20.2. The van der Waals surface area contributed by atoms with Gasteiger partial charge in [-0.3, -0.25) is 4.79 Å². The van der Waals surface area contributed by atoms with Gasteiger partial charge < -0.3 is 42.9 Å². The van der Waals surface area contributed by atoms with E-state index in [1.807, 2.05) is 18.4 Å². The number of carboxylic acids is 1. The van der Waals surface area contributed by atoms with Crippen molar-refractivity contribution in [2.45, 2.75) is 146 Å². The van der Waals surface area contributed by atoms with E-state index in [-0.39, 0.29) is 33.5 Å². The zero-order chi connectivity index (χ0) is 62.2. The molecule has 4 N–H and O–H groups in total. The summed E-state index contributed by atoms with van der Waals surface area (Å²) in [4.78, 5) is 15.0. The molecule has 82 heavy (non-hydrogen) atoms. The second kappa shape index (κ2) is 30.6. The lowest BCUT2D eigenvalue weighted by molar-refractivity contribution is -0.894. The molecule has 2 heterocycles. The topological polar surface area (TPSA) is 286 Å². The van der Waals surface area contributed by atoms with E-state index in [0.29, 0.717) is 48.3 Å². The first kappa shape index (κ1) is 71.1. The zero-order valence-electron chi connectivity index (χ0n) is 49.9. The zero-order valence-corrected chi connectivity index (χ0v) is 53.2. The van der Waals surface area contributed by atoms with Crippen LogP contribution < -0.4 is 19.6 Å². The normalized spacial score (nSPS) is 15.5. The number of nitrogens with zero attached hydrogens (tertiary/aromatic N) is 2. The molecule has 0 saturated heterocycles. The number of rotatable bonds is 23. The molecule has 19 nitrogen and oxygen atoms in total. The minimum atomic E-state index is -5.33. The van der Waals surface area contributed by atoms with Gasteiger partial charge in [-0.15, -0.1) is 0 Å². The van der Waals surface area contributed by atoms with Crippen molar-refractivity contribution in [3.63, 3.8) is 0 Å². The molecule has 0 unspecified atom stereocenters. The Kier molecular flexibility index (Phi) is 26.5. The number of anilines is 2. The van der Waals surface area contributed by atoms with Gasteiger partial charge in [0.2, 0.25) is 5.69 Å². The number of fused-ring (bicyclic) bond motifs is 4. The quantitative estimate of drug-likeness (QED) is 0.0313. The molecule has 2 aliphatic rings. The second-order valence-electron chi connectivity index (χ2n) is 21.0. The van der Waals surface area contributed by atoms with Gasteiger partial charge in [0.1, 0.15) is 47.0 Å². The number of carboxylic acid groups (broad SMARTS) is 1. The van der Waals surface area contributed by atoms with Crippen LogP contribution in [0.15, 0.2) is 122 Å². The summed E-state index contributed by atoms with van der Waals surface area (Å²) in [5, 5.41) is 8.86. The van der Waals surface area contributed by atoms with Crippen molar-refractivity contribution in [2.24, 2.45) is 0 Å². The molecule has 0 spiro atoms. The Balaban J connectivity index is 0.000000710. The van der Waals surface area contributed by atoms with Gasteiger partial charge in [0.05, 0.1) is 89.6 Å². The Labute approximate surface area is 488 Å². The van der Waals surface area contributed by atoms with Gasteiger partial charge in [0.25, 0.3) is 0 Å².